The van der Waals surface area contributed by atoms with Crippen molar-refractivity contribution in [3.63, 3.8) is 0 Å². The van der Waals surface area contributed by atoms with E-state index in [1.54, 1.807) is 0 Å². The number of amides is 1. The van der Waals surface area contributed by atoms with E-state index in [2.05, 4.69) is 15.8 Å². The number of amidine groups is 1. The maximum Gasteiger partial charge on any atom is 0.400 e. The number of ether oxygens (including phenoxy) is 1. The Hall–Kier alpha value is -1.55. The zero-order valence-corrected chi connectivity index (χ0v) is 11.2. The normalized spacial score (nSPS) is 15.8. The van der Waals surface area contributed by atoms with E-state index in [4.69, 9.17) is 15.7 Å². The van der Waals surface area contributed by atoms with E-state index in [0.717, 1.165) is 0 Å². The molecule has 1 amide bonds. The molecule has 0 bridgehead atoms. The number of carbonyl (C=O) groups is 1. The number of hydrogen-bond donors (Lipinski definition) is 4. The van der Waals surface area contributed by atoms with Gasteiger partial charge in [0.1, 0.15) is 5.92 Å². The molecular formula is C10H19F3N4O3. The first-order valence-electron chi connectivity index (χ1n) is 5.78. The van der Waals surface area contributed by atoms with Gasteiger partial charge in [-0.2, -0.15) is 13.2 Å². The van der Waals surface area contributed by atoms with Gasteiger partial charge in [0.25, 0.3) is 0 Å². The topological polar surface area (TPSA) is 109 Å². The van der Waals surface area contributed by atoms with Gasteiger partial charge in [-0.25, -0.2) is 0 Å². The van der Waals surface area contributed by atoms with E-state index in [1.165, 1.54) is 14.0 Å². The lowest BCUT2D eigenvalue weighted by Crippen LogP contribution is -2.49. The number of alkyl halides is 3. The number of methoxy groups -OCH3 is 1. The Morgan fingerprint density at radius 3 is 2.55 bits per heavy atom. The number of nitrogens with one attached hydrogen (secondary N) is 2. The summed E-state index contributed by atoms with van der Waals surface area (Å²) in [5, 5.41) is 15.5. The molecule has 0 aliphatic carbocycles. The molecule has 0 heterocycles. The highest BCUT2D eigenvalue weighted by Crippen LogP contribution is 2.25. The molecule has 118 valence electrons. The molecule has 0 fully saturated rings. The molecule has 2 unspecified atom stereocenters. The molecule has 7 nitrogen and oxygen atoms in total. The second-order valence-corrected chi connectivity index (χ2v) is 4.03. The van der Waals surface area contributed by atoms with Crippen molar-refractivity contribution in [2.24, 2.45) is 16.8 Å². The Bertz CT molecular complexity index is 336. The molecule has 0 aliphatic rings. The predicted molar refractivity (Wildman–Crippen MR) is 65.3 cm³/mol. The second kappa shape index (κ2) is 8.59. The smallest absolute Gasteiger partial charge is 0.400 e. The Morgan fingerprint density at radius 2 is 2.10 bits per heavy atom. The predicted octanol–water partition coefficient (Wildman–Crippen LogP) is -0.348. The Labute approximate surface area is 114 Å². The van der Waals surface area contributed by atoms with E-state index < -0.39 is 36.4 Å². The van der Waals surface area contributed by atoms with Crippen molar-refractivity contribution in [2.75, 3.05) is 26.8 Å². The number of hydrogen-bond acceptors (Lipinski definition) is 5. The molecule has 0 aromatic rings. The van der Waals surface area contributed by atoms with Gasteiger partial charge in [0.2, 0.25) is 5.91 Å². The van der Waals surface area contributed by atoms with Gasteiger partial charge >= 0.3 is 6.18 Å². The third-order valence-electron chi connectivity index (χ3n) is 2.49. The highest BCUT2D eigenvalue weighted by atomic mass is 19.4. The molecule has 20 heavy (non-hydrogen) atoms. The summed E-state index contributed by atoms with van der Waals surface area (Å²) in [4.78, 5) is 11.5. The van der Waals surface area contributed by atoms with Gasteiger partial charge in [-0.15, -0.1) is 0 Å². The van der Waals surface area contributed by atoms with Crippen LogP contribution in [0.25, 0.3) is 0 Å². The second-order valence-electron chi connectivity index (χ2n) is 4.03. The minimum absolute atomic E-state index is 0.254. The fourth-order valence-corrected chi connectivity index (χ4v) is 1.27. The summed E-state index contributed by atoms with van der Waals surface area (Å²) in [6, 6.07) is -0.858. The summed E-state index contributed by atoms with van der Waals surface area (Å²) >= 11 is 0. The zero-order valence-electron chi connectivity index (χ0n) is 11.2. The first kappa shape index (κ1) is 18.4. The van der Waals surface area contributed by atoms with Crippen LogP contribution in [-0.2, 0) is 9.53 Å². The van der Waals surface area contributed by atoms with E-state index in [9.17, 15) is 18.0 Å². The first-order chi connectivity index (χ1) is 9.23. The van der Waals surface area contributed by atoms with Crippen LogP contribution in [0.2, 0.25) is 0 Å². The van der Waals surface area contributed by atoms with E-state index >= 15 is 0 Å². The van der Waals surface area contributed by atoms with Crippen molar-refractivity contribution in [1.82, 2.24) is 10.6 Å². The lowest BCUT2D eigenvalue weighted by molar-refractivity contribution is -0.155. The SMILES string of the molecule is COCCNC(=O)C(C)NCC(C(N)=NO)C(F)(F)F. The standard InChI is InChI=1S/C10H19F3N4O3/c1-6(9(18)15-3-4-20-2)16-5-7(8(14)17-19)10(11,12)13/h6-7,16,19H,3-5H2,1-2H3,(H2,14,17)(H,15,18). The van der Waals surface area contributed by atoms with Gasteiger partial charge in [-0.3, -0.25) is 4.79 Å². The molecule has 0 spiro atoms. The number of nitrogens with zero attached hydrogens (tertiary/aromatic N) is 1. The van der Waals surface area contributed by atoms with Gasteiger partial charge in [0.15, 0.2) is 5.84 Å². The van der Waals surface area contributed by atoms with Gasteiger partial charge in [-0.05, 0) is 6.92 Å². The van der Waals surface area contributed by atoms with Crippen LogP contribution in [-0.4, -0.2) is 56.0 Å². The molecule has 10 heteroatoms. The van der Waals surface area contributed by atoms with Crippen LogP contribution in [0.5, 0.6) is 0 Å². The lowest BCUT2D eigenvalue weighted by Gasteiger charge is -2.21. The van der Waals surface area contributed by atoms with Crippen LogP contribution >= 0.6 is 0 Å². The van der Waals surface area contributed by atoms with Gasteiger partial charge in [0, 0.05) is 20.2 Å². The summed E-state index contributed by atoms with van der Waals surface area (Å²) in [5.41, 5.74) is 4.99. The summed E-state index contributed by atoms with van der Waals surface area (Å²) in [7, 11) is 1.46. The summed E-state index contributed by atoms with van der Waals surface area (Å²) < 4.78 is 42.6. The molecule has 0 saturated carbocycles. The van der Waals surface area contributed by atoms with Crippen LogP contribution in [0.4, 0.5) is 13.2 Å². The highest BCUT2D eigenvalue weighted by Gasteiger charge is 2.42. The molecule has 0 rings (SSSR count). The average molecular weight is 300 g/mol. The van der Waals surface area contributed by atoms with Gasteiger partial charge < -0.3 is 26.3 Å². The number of nitrogens with two attached hydrogens (primary N) is 1. The summed E-state index contributed by atoms with van der Waals surface area (Å²) in [5.74, 6) is -3.60. The summed E-state index contributed by atoms with van der Waals surface area (Å²) in [6.07, 6.45) is -4.67. The minimum atomic E-state index is -4.67. The average Bonchev–Trinajstić information content (AvgIpc) is 2.36. The molecular weight excluding hydrogens is 281 g/mol. The van der Waals surface area contributed by atoms with Crippen LogP contribution in [0.3, 0.4) is 0 Å². The minimum Gasteiger partial charge on any atom is -0.409 e. The quantitative estimate of drug-likeness (QED) is 0.161. The molecule has 0 aromatic heterocycles. The monoisotopic (exact) mass is 300 g/mol. The van der Waals surface area contributed by atoms with Crippen molar-refractivity contribution < 1.29 is 27.9 Å². The van der Waals surface area contributed by atoms with Crippen molar-refractivity contribution in [2.45, 2.75) is 19.1 Å². The van der Waals surface area contributed by atoms with E-state index in [-0.39, 0.29) is 6.54 Å². The van der Waals surface area contributed by atoms with Crippen molar-refractivity contribution in [3.05, 3.63) is 0 Å². The highest BCUT2D eigenvalue weighted by molar-refractivity contribution is 5.84. The molecule has 2 atom stereocenters. The van der Waals surface area contributed by atoms with Crippen LogP contribution in [0.15, 0.2) is 5.16 Å². The lowest BCUT2D eigenvalue weighted by atomic mass is 10.1. The number of rotatable bonds is 8. The molecule has 0 aliphatic heterocycles. The Balaban J connectivity index is 4.38. The van der Waals surface area contributed by atoms with Gasteiger partial charge in [-0.1, -0.05) is 5.16 Å². The third kappa shape index (κ3) is 6.57. The van der Waals surface area contributed by atoms with Crippen molar-refractivity contribution in [1.29, 1.82) is 0 Å². The maximum atomic E-state index is 12.6. The third-order valence-corrected chi connectivity index (χ3v) is 2.49. The fraction of sp³-hybridized carbons (Fsp3) is 0.800. The maximum absolute atomic E-state index is 12.6. The fourth-order valence-electron chi connectivity index (χ4n) is 1.27. The van der Waals surface area contributed by atoms with Crippen molar-refractivity contribution >= 4 is 11.7 Å². The van der Waals surface area contributed by atoms with Gasteiger partial charge in [0.05, 0.1) is 12.6 Å². The largest absolute Gasteiger partial charge is 0.409 e. The Morgan fingerprint density at radius 1 is 1.50 bits per heavy atom. The Kier molecular flexibility index (Phi) is 7.92. The van der Waals surface area contributed by atoms with Crippen molar-refractivity contribution in [3.8, 4) is 0 Å². The zero-order chi connectivity index (χ0) is 15.8. The van der Waals surface area contributed by atoms with Crippen LogP contribution in [0.1, 0.15) is 6.92 Å². The van der Waals surface area contributed by atoms with Crippen LogP contribution < -0.4 is 16.4 Å². The van der Waals surface area contributed by atoms with Crippen LogP contribution in [0, 0.1) is 5.92 Å². The molecule has 0 saturated heterocycles. The first-order valence-corrected chi connectivity index (χ1v) is 5.78. The number of oxime groups is 1. The molecule has 5 N–H and O–H groups in total. The number of halogens is 3. The number of carbonyl (C=O) groups excluding carboxylic acids is 1. The van der Waals surface area contributed by atoms with E-state index in [0.29, 0.717) is 6.61 Å². The molecule has 0 aromatic carbocycles. The summed E-state index contributed by atoms with van der Waals surface area (Å²) in [6.45, 7) is 1.29. The van der Waals surface area contributed by atoms with E-state index in [1.807, 2.05) is 0 Å². The molecule has 0 radical (unpaired) electrons.